The van der Waals surface area contributed by atoms with Crippen molar-refractivity contribution >= 4 is 23.9 Å². The van der Waals surface area contributed by atoms with E-state index in [2.05, 4.69) is 16.0 Å². The van der Waals surface area contributed by atoms with Crippen LogP contribution in [0.2, 0.25) is 0 Å². The van der Waals surface area contributed by atoms with Crippen molar-refractivity contribution in [1.29, 1.82) is 0 Å². The minimum absolute atomic E-state index is 0.125. The van der Waals surface area contributed by atoms with E-state index in [1.807, 2.05) is 13.8 Å². The summed E-state index contributed by atoms with van der Waals surface area (Å²) in [6, 6.07) is -0.941. The van der Waals surface area contributed by atoms with Gasteiger partial charge in [-0.05, 0) is 39.5 Å². The largest absolute Gasteiger partial charge is 0.450 e. The van der Waals surface area contributed by atoms with Crippen LogP contribution in [0.25, 0.3) is 0 Å². The average Bonchev–Trinajstić information content (AvgIpc) is 3.01. The molecule has 1 saturated heterocycles. The SMILES string of the molecule is CC(=O)OC(C(=O)NCCOCC(C)C)[C@H](C[C@@H]1CCNC1=O)NC(=O)OC(C)(C)C. The van der Waals surface area contributed by atoms with Crippen molar-refractivity contribution in [2.75, 3.05) is 26.3 Å². The standard InChI is InChI=1S/C21H37N3O7/c1-13(2)12-29-10-9-23-19(27)17(30-14(3)25)16(11-15-7-8-22-18(15)26)24-20(28)31-21(4,5)6/h13,15-17H,7-12H2,1-6H3,(H,22,26)(H,23,27)(H,24,28)/t15-,16-,17?/m0/s1. The fraction of sp³-hybridized carbons (Fsp3) is 0.810. The molecule has 0 aliphatic carbocycles. The van der Waals surface area contributed by atoms with Gasteiger partial charge in [-0.2, -0.15) is 0 Å². The summed E-state index contributed by atoms with van der Waals surface area (Å²) in [5.41, 5.74) is -0.758. The van der Waals surface area contributed by atoms with Crippen molar-refractivity contribution < 1.29 is 33.4 Å². The molecule has 1 fully saturated rings. The van der Waals surface area contributed by atoms with Gasteiger partial charge in [-0.3, -0.25) is 14.4 Å². The Hall–Kier alpha value is -2.36. The highest BCUT2D eigenvalue weighted by molar-refractivity contribution is 5.85. The van der Waals surface area contributed by atoms with Crippen LogP contribution in [0.3, 0.4) is 0 Å². The first-order valence-electron chi connectivity index (χ1n) is 10.7. The number of esters is 1. The second-order valence-corrected chi connectivity index (χ2v) is 9.05. The Labute approximate surface area is 184 Å². The van der Waals surface area contributed by atoms with Crippen LogP contribution in [0, 0.1) is 11.8 Å². The van der Waals surface area contributed by atoms with Crippen molar-refractivity contribution in [1.82, 2.24) is 16.0 Å². The van der Waals surface area contributed by atoms with Gasteiger partial charge < -0.3 is 30.2 Å². The van der Waals surface area contributed by atoms with E-state index in [9.17, 15) is 19.2 Å². The van der Waals surface area contributed by atoms with Crippen LogP contribution in [0.1, 0.15) is 54.4 Å². The topological polar surface area (TPSA) is 132 Å². The zero-order valence-corrected chi connectivity index (χ0v) is 19.4. The summed E-state index contributed by atoms with van der Waals surface area (Å²) >= 11 is 0. The van der Waals surface area contributed by atoms with Crippen LogP contribution < -0.4 is 16.0 Å². The van der Waals surface area contributed by atoms with E-state index < -0.39 is 41.6 Å². The van der Waals surface area contributed by atoms with Gasteiger partial charge in [0.05, 0.1) is 12.6 Å². The predicted octanol–water partition coefficient (Wildman–Crippen LogP) is 1.13. The highest BCUT2D eigenvalue weighted by atomic mass is 16.6. The Balaban J connectivity index is 2.90. The van der Waals surface area contributed by atoms with E-state index in [1.54, 1.807) is 20.8 Å². The van der Waals surface area contributed by atoms with Crippen molar-refractivity contribution in [2.45, 2.75) is 72.1 Å². The molecule has 10 nitrogen and oxygen atoms in total. The van der Waals surface area contributed by atoms with E-state index in [1.165, 1.54) is 6.92 Å². The first kappa shape index (κ1) is 26.7. The Kier molecular flexibility index (Phi) is 10.7. The molecule has 0 bridgehead atoms. The number of rotatable bonds is 11. The summed E-state index contributed by atoms with van der Waals surface area (Å²) in [5, 5.41) is 8.00. The lowest BCUT2D eigenvalue weighted by molar-refractivity contribution is -0.156. The van der Waals surface area contributed by atoms with E-state index in [0.29, 0.717) is 32.1 Å². The quantitative estimate of drug-likeness (QED) is 0.322. The first-order valence-corrected chi connectivity index (χ1v) is 10.7. The molecule has 1 rings (SSSR count). The summed E-state index contributed by atoms with van der Waals surface area (Å²) in [5.74, 6) is -1.48. The van der Waals surface area contributed by atoms with E-state index in [4.69, 9.17) is 14.2 Å². The Morgan fingerprint density at radius 3 is 2.42 bits per heavy atom. The number of ether oxygens (including phenoxy) is 3. The number of carbonyl (C=O) groups excluding carboxylic acids is 4. The zero-order chi connectivity index (χ0) is 23.6. The molecule has 1 heterocycles. The maximum absolute atomic E-state index is 12.8. The van der Waals surface area contributed by atoms with Gasteiger partial charge in [0, 0.05) is 32.5 Å². The molecule has 31 heavy (non-hydrogen) atoms. The molecular weight excluding hydrogens is 406 g/mol. The Bertz CT molecular complexity index is 631. The molecule has 10 heteroatoms. The summed E-state index contributed by atoms with van der Waals surface area (Å²) in [4.78, 5) is 48.9. The molecule has 0 spiro atoms. The first-order chi connectivity index (χ1) is 14.4. The number of hydrogen-bond donors (Lipinski definition) is 3. The lowest BCUT2D eigenvalue weighted by Crippen LogP contribution is -2.54. The normalized spacial score (nSPS) is 18.2. The Morgan fingerprint density at radius 1 is 1.23 bits per heavy atom. The maximum atomic E-state index is 12.8. The summed E-state index contributed by atoms with van der Waals surface area (Å²) in [6.45, 7) is 11.9. The highest BCUT2D eigenvalue weighted by Gasteiger charge is 2.38. The molecule has 1 unspecified atom stereocenters. The van der Waals surface area contributed by atoms with Crippen LogP contribution in [0.5, 0.6) is 0 Å². The summed E-state index contributed by atoms with van der Waals surface area (Å²) in [7, 11) is 0. The predicted molar refractivity (Wildman–Crippen MR) is 113 cm³/mol. The van der Waals surface area contributed by atoms with Crippen molar-refractivity contribution in [2.24, 2.45) is 11.8 Å². The number of alkyl carbamates (subject to hydrolysis) is 1. The third-order valence-corrected chi connectivity index (χ3v) is 4.32. The second-order valence-electron chi connectivity index (χ2n) is 9.05. The van der Waals surface area contributed by atoms with Crippen molar-refractivity contribution in [3.8, 4) is 0 Å². The highest BCUT2D eigenvalue weighted by Crippen LogP contribution is 2.20. The van der Waals surface area contributed by atoms with Gasteiger partial charge in [0.1, 0.15) is 5.60 Å². The number of nitrogens with one attached hydrogen (secondary N) is 3. The zero-order valence-electron chi connectivity index (χ0n) is 19.4. The molecule has 178 valence electrons. The van der Waals surface area contributed by atoms with Crippen LogP contribution >= 0.6 is 0 Å². The van der Waals surface area contributed by atoms with Gasteiger partial charge in [0.2, 0.25) is 5.91 Å². The third kappa shape index (κ3) is 11.0. The molecule has 0 aromatic carbocycles. The van der Waals surface area contributed by atoms with Gasteiger partial charge in [-0.1, -0.05) is 13.8 Å². The summed E-state index contributed by atoms with van der Waals surface area (Å²) in [6.07, 6.45) is -1.40. The lowest BCUT2D eigenvalue weighted by Gasteiger charge is -2.29. The molecule has 0 aromatic rings. The molecule has 0 radical (unpaired) electrons. The fourth-order valence-electron chi connectivity index (χ4n) is 3.06. The minimum atomic E-state index is -1.32. The van der Waals surface area contributed by atoms with Gasteiger partial charge in [-0.25, -0.2) is 4.79 Å². The monoisotopic (exact) mass is 443 g/mol. The van der Waals surface area contributed by atoms with E-state index in [0.717, 1.165) is 0 Å². The van der Waals surface area contributed by atoms with E-state index >= 15 is 0 Å². The smallest absolute Gasteiger partial charge is 0.408 e. The maximum Gasteiger partial charge on any atom is 0.408 e. The molecular formula is C21H37N3O7. The number of hydrogen-bond acceptors (Lipinski definition) is 7. The minimum Gasteiger partial charge on any atom is -0.450 e. The fourth-order valence-corrected chi connectivity index (χ4v) is 3.06. The molecule has 3 atom stereocenters. The van der Waals surface area contributed by atoms with Crippen molar-refractivity contribution in [3.63, 3.8) is 0 Å². The van der Waals surface area contributed by atoms with Crippen LogP contribution in [0.4, 0.5) is 4.79 Å². The van der Waals surface area contributed by atoms with Gasteiger partial charge in [0.15, 0.2) is 6.10 Å². The van der Waals surface area contributed by atoms with Gasteiger partial charge >= 0.3 is 12.1 Å². The van der Waals surface area contributed by atoms with Crippen molar-refractivity contribution in [3.05, 3.63) is 0 Å². The second kappa shape index (κ2) is 12.5. The van der Waals surface area contributed by atoms with Crippen LogP contribution in [-0.2, 0) is 28.6 Å². The lowest BCUT2D eigenvalue weighted by atomic mass is 9.94. The molecule has 0 saturated carbocycles. The van der Waals surface area contributed by atoms with Crippen LogP contribution in [0.15, 0.2) is 0 Å². The third-order valence-electron chi connectivity index (χ3n) is 4.32. The molecule has 1 aliphatic rings. The van der Waals surface area contributed by atoms with E-state index in [-0.39, 0.29) is 18.9 Å². The van der Waals surface area contributed by atoms with Gasteiger partial charge in [0.25, 0.3) is 5.91 Å². The molecule has 3 N–H and O–H groups in total. The summed E-state index contributed by atoms with van der Waals surface area (Å²) < 4.78 is 16.0. The molecule has 3 amide bonds. The Morgan fingerprint density at radius 2 is 1.90 bits per heavy atom. The average molecular weight is 444 g/mol. The molecule has 0 aromatic heterocycles. The number of amides is 3. The van der Waals surface area contributed by atoms with Crippen LogP contribution in [-0.4, -0.2) is 67.9 Å². The van der Waals surface area contributed by atoms with Gasteiger partial charge in [-0.15, -0.1) is 0 Å². The molecule has 1 aliphatic heterocycles. The number of carbonyl (C=O) groups is 4.